The lowest BCUT2D eigenvalue weighted by molar-refractivity contribution is -0.133. The van der Waals surface area contributed by atoms with Gasteiger partial charge in [-0.1, -0.05) is 19.3 Å². The van der Waals surface area contributed by atoms with Gasteiger partial charge in [-0.05, 0) is 70.6 Å². The number of carbonyl (C=O) groups is 1. The van der Waals surface area contributed by atoms with E-state index < -0.39 is 0 Å². The maximum absolute atomic E-state index is 13.4. The van der Waals surface area contributed by atoms with Gasteiger partial charge in [-0.3, -0.25) is 9.89 Å². The minimum Gasteiger partial charge on any atom is -0.341 e. The molecule has 1 saturated carbocycles. The van der Waals surface area contributed by atoms with Crippen LogP contribution in [0.1, 0.15) is 99.9 Å². The first kappa shape index (κ1) is 22.8. The summed E-state index contributed by atoms with van der Waals surface area (Å²) in [6.07, 6.45) is 16.1. The van der Waals surface area contributed by atoms with E-state index >= 15 is 0 Å². The van der Waals surface area contributed by atoms with E-state index in [0.29, 0.717) is 11.9 Å². The number of anilines is 3. The molecule has 0 unspecified atom stereocenters. The summed E-state index contributed by atoms with van der Waals surface area (Å²) >= 11 is 0. The first-order chi connectivity index (χ1) is 17.3. The Morgan fingerprint density at radius 1 is 0.886 bits per heavy atom. The second-order valence-corrected chi connectivity index (χ2v) is 10.9. The van der Waals surface area contributed by atoms with Crippen LogP contribution in [0, 0.1) is 0 Å². The molecule has 2 aromatic heterocycles. The number of amides is 1. The molecule has 4 heterocycles. The molecule has 2 N–H and O–H groups in total. The molecule has 2 aliphatic carbocycles. The van der Waals surface area contributed by atoms with E-state index in [-0.39, 0.29) is 11.9 Å². The van der Waals surface area contributed by atoms with Crippen molar-refractivity contribution in [3.05, 3.63) is 23.0 Å². The van der Waals surface area contributed by atoms with Gasteiger partial charge in [0.2, 0.25) is 11.9 Å². The molecule has 0 aromatic carbocycles. The first-order valence-corrected chi connectivity index (χ1v) is 14.0. The Morgan fingerprint density at radius 2 is 1.69 bits per heavy atom. The Bertz CT molecular complexity index is 1040. The predicted molar refractivity (Wildman–Crippen MR) is 137 cm³/mol. The molecule has 2 aliphatic heterocycles. The number of H-pyrrole nitrogens is 1. The lowest BCUT2D eigenvalue weighted by Crippen LogP contribution is -2.48. The number of likely N-dealkylation sites (tertiary alicyclic amines) is 1. The van der Waals surface area contributed by atoms with E-state index in [4.69, 9.17) is 9.97 Å². The number of nitrogens with one attached hydrogen (secondary N) is 2. The molecule has 2 aromatic rings. The zero-order valence-electron chi connectivity index (χ0n) is 20.9. The van der Waals surface area contributed by atoms with Crippen molar-refractivity contribution >= 4 is 23.5 Å². The summed E-state index contributed by atoms with van der Waals surface area (Å²) in [5.41, 5.74) is 3.60. The molecule has 0 bridgehead atoms. The minimum atomic E-state index is -0.133. The van der Waals surface area contributed by atoms with Gasteiger partial charge in [-0.15, -0.1) is 0 Å². The van der Waals surface area contributed by atoms with Gasteiger partial charge < -0.3 is 15.1 Å². The molecule has 0 radical (unpaired) electrons. The quantitative estimate of drug-likeness (QED) is 0.640. The van der Waals surface area contributed by atoms with E-state index in [9.17, 15) is 4.79 Å². The highest BCUT2D eigenvalue weighted by atomic mass is 16.2. The average Bonchev–Trinajstić information content (AvgIpc) is 3.59. The van der Waals surface area contributed by atoms with E-state index in [1.807, 2.05) is 0 Å². The molecular weight excluding hydrogens is 438 g/mol. The van der Waals surface area contributed by atoms with Crippen molar-refractivity contribution in [3.8, 4) is 0 Å². The second-order valence-electron chi connectivity index (χ2n) is 10.9. The SMILES string of the molecule is O=C([C@H]1CCCN1c1nc2c(c(Nc3cc(C4CCCCC4)[nH]n3)n1)CCCC2)N1CCCCC1. The van der Waals surface area contributed by atoms with E-state index in [1.54, 1.807) is 0 Å². The molecule has 4 aliphatic rings. The van der Waals surface area contributed by atoms with Gasteiger partial charge >= 0.3 is 0 Å². The van der Waals surface area contributed by atoms with E-state index in [2.05, 4.69) is 31.4 Å². The van der Waals surface area contributed by atoms with Crippen molar-refractivity contribution < 1.29 is 4.79 Å². The predicted octanol–water partition coefficient (Wildman–Crippen LogP) is 4.85. The summed E-state index contributed by atoms with van der Waals surface area (Å²) in [6, 6.07) is 2.04. The number of carbonyl (C=O) groups excluding carboxylic acids is 1. The van der Waals surface area contributed by atoms with Gasteiger partial charge in [0.05, 0.1) is 5.69 Å². The smallest absolute Gasteiger partial charge is 0.245 e. The van der Waals surface area contributed by atoms with Crippen LogP contribution in [0.2, 0.25) is 0 Å². The molecule has 0 spiro atoms. The molecule has 2 saturated heterocycles. The normalized spacial score (nSPS) is 23.4. The zero-order chi connectivity index (χ0) is 23.6. The monoisotopic (exact) mass is 477 g/mol. The van der Waals surface area contributed by atoms with Crippen LogP contribution in [0.25, 0.3) is 0 Å². The van der Waals surface area contributed by atoms with Crippen molar-refractivity contribution in [2.75, 3.05) is 29.9 Å². The van der Waals surface area contributed by atoms with Gasteiger partial charge in [-0.25, -0.2) is 4.98 Å². The molecule has 1 amide bonds. The number of piperidine rings is 1. The van der Waals surface area contributed by atoms with Crippen LogP contribution in [0.3, 0.4) is 0 Å². The van der Waals surface area contributed by atoms with Gasteiger partial charge in [0.15, 0.2) is 5.82 Å². The number of nitrogens with zero attached hydrogens (tertiary/aromatic N) is 5. The topological polar surface area (TPSA) is 90.0 Å². The van der Waals surface area contributed by atoms with Crippen LogP contribution >= 0.6 is 0 Å². The molecule has 188 valence electrons. The van der Waals surface area contributed by atoms with Crippen LogP contribution in [-0.2, 0) is 17.6 Å². The number of rotatable bonds is 5. The number of aromatic amines is 1. The van der Waals surface area contributed by atoms with E-state index in [0.717, 1.165) is 88.3 Å². The highest BCUT2D eigenvalue weighted by Gasteiger charge is 2.36. The summed E-state index contributed by atoms with van der Waals surface area (Å²) in [6.45, 7) is 2.63. The Morgan fingerprint density at radius 3 is 2.54 bits per heavy atom. The van der Waals surface area contributed by atoms with Gasteiger partial charge in [0.25, 0.3) is 0 Å². The molecule has 35 heavy (non-hydrogen) atoms. The van der Waals surface area contributed by atoms with Crippen molar-refractivity contribution in [2.24, 2.45) is 0 Å². The van der Waals surface area contributed by atoms with Crippen LogP contribution < -0.4 is 10.2 Å². The molecule has 6 rings (SSSR count). The Balaban J connectivity index is 1.26. The Labute approximate surface area is 208 Å². The molecule has 8 heteroatoms. The maximum atomic E-state index is 13.4. The lowest BCUT2D eigenvalue weighted by atomic mass is 9.87. The van der Waals surface area contributed by atoms with Gasteiger partial charge in [-0.2, -0.15) is 10.1 Å². The molecular formula is C27H39N7O. The third-order valence-corrected chi connectivity index (χ3v) is 8.52. The van der Waals surface area contributed by atoms with E-state index in [1.165, 1.54) is 49.8 Å². The summed E-state index contributed by atoms with van der Waals surface area (Å²) < 4.78 is 0. The van der Waals surface area contributed by atoms with Crippen molar-refractivity contribution in [3.63, 3.8) is 0 Å². The summed E-state index contributed by atoms with van der Waals surface area (Å²) in [7, 11) is 0. The maximum Gasteiger partial charge on any atom is 0.245 e. The van der Waals surface area contributed by atoms with Crippen molar-refractivity contribution in [1.29, 1.82) is 0 Å². The largest absolute Gasteiger partial charge is 0.341 e. The molecule has 1 atom stereocenters. The second kappa shape index (κ2) is 10.2. The number of aromatic nitrogens is 4. The Hall–Kier alpha value is -2.64. The number of aryl methyl sites for hydroxylation is 1. The van der Waals surface area contributed by atoms with Crippen LogP contribution in [0.5, 0.6) is 0 Å². The first-order valence-electron chi connectivity index (χ1n) is 14.0. The van der Waals surface area contributed by atoms with Gasteiger partial charge in [0.1, 0.15) is 11.9 Å². The van der Waals surface area contributed by atoms with Crippen LogP contribution in [0.15, 0.2) is 6.07 Å². The van der Waals surface area contributed by atoms with Crippen molar-refractivity contribution in [2.45, 2.75) is 102 Å². The third kappa shape index (κ3) is 4.76. The van der Waals surface area contributed by atoms with Crippen LogP contribution in [0.4, 0.5) is 17.6 Å². The van der Waals surface area contributed by atoms with Crippen LogP contribution in [-0.4, -0.2) is 56.6 Å². The number of hydrogen-bond acceptors (Lipinski definition) is 6. The average molecular weight is 478 g/mol. The third-order valence-electron chi connectivity index (χ3n) is 8.52. The standard InChI is InChI=1S/C27H39N7O/c35-26(33-15-7-2-8-16-33)23-14-9-17-34(23)27-28-21-13-6-5-12-20(21)25(30-27)29-24-18-22(31-32-24)19-10-3-1-4-11-19/h18-19,23H,1-17H2,(H2,28,29,30,31,32)/t23-/m1/s1. The minimum absolute atomic E-state index is 0.133. The highest BCUT2D eigenvalue weighted by Crippen LogP contribution is 2.35. The molecule has 8 nitrogen and oxygen atoms in total. The lowest BCUT2D eigenvalue weighted by Gasteiger charge is -2.33. The highest BCUT2D eigenvalue weighted by molar-refractivity contribution is 5.85. The Kier molecular flexibility index (Phi) is 6.61. The fourth-order valence-electron chi connectivity index (χ4n) is 6.55. The number of hydrogen-bond donors (Lipinski definition) is 2. The zero-order valence-corrected chi connectivity index (χ0v) is 20.9. The summed E-state index contributed by atoms with van der Waals surface area (Å²) in [5, 5.41) is 11.4. The molecule has 3 fully saturated rings. The fourth-order valence-corrected chi connectivity index (χ4v) is 6.55. The fraction of sp³-hybridized carbons (Fsp3) is 0.704. The summed E-state index contributed by atoms with van der Waals surface area (Å²) in [4.78, 5) is 27.7. The van der Waals surface area contributed by atoms with Gasteiger partial charge in [0, 0.05) is 42.9 Å². The van der Waals surface area contributed by atoms with Crippen molar-refractivity contribution in [1.82, 2.24) is 25.1 Å². The summed E-state index contributed by atoms with van der Waals surface area (Å²) in [5.74, 6) is 3.28. The number of fused-ring (bicyclic) bond motifs is 1.